The molecule has 0 aliphatic heterocycles. The maximum atomic E-state index is 12.6. The summed E-state index contributed by atoms with van der Waals surface area (Å²) >= 11 is 5.59. The zero-order valence-corrected chi connectivity index (χ0v) is 12.0. The van der Waals surface area contributed by atoms with Crippen molar-refractivity contribution in [1.82, 2.24) is 9.97 Å². The number of alkyl halides is 3. The molecule has 0 saturated heterocycles. The Labute approximate surface area is 124 Å². The van der Waals surface area contributed by atoms with Crippen LogP contribution in [0.3, 0.4) is 0 Å². The molecule has 0 aliphatic carbocycles. The summed E-state index contributed by atoms with van der Waals surface area (Å²) in [6, 6.07) is 8.36. The molecule has 1 heterocycles. The van der Waals surface area contributed by atoms with E-state index in [-0.39, 0.29) is 11.0 Å². The van der Waals surface area contributed by atoms with Crippen molar-refractivity contribution in [2.24, 2.45) is 0 Å². The topological polar surface area (TPSA) is 41.0 Å². The quantitative estimate of drug-likeness (QED) is 0.870. The van der Waals surface area contributed by atoms with Crippen LogP contribution in [0.4, 0.5) is 30.4 Å². The van der Waals surface area contributed by atoms with E-state index >= 15 is 0 Å². The number of benzene rings is 1. The highest BCUT2D eigenvalue weighted by molar-refractivity contribution is 6.29. The van der Waals surface area contributed by atoms with Crippen LogP contribution in [0.2, 0.25) is 5.15 Å². The Morgan fingerprint density at radius 1 is 1.10 bits per heavy atom. The maximum Gasteiger partial charge on any atom is 0.451 e. The minimum atomic E-state index is -4.64. The normalized spacial score (nSPS) is 11.3. The van der Waals surface area contributed by atoms with Crippen LogP contribution >= 0.6 is 11.6 Å². The van der Waals surface area contributed by atoms with Gasteiger partial charge in [0.15, 0.2) is 0 Å². The number of nitrogens with one attached hydrogen (secondary N) is 1. The van der Waals surface area contributed by atoms with Crippen LogP contribution in [0.5, 0.6) is 0 Å². The van der Waals surface area contributed by atoms with Crippen molar-refractivity contribution < 1.29 is 13.2 Å². The molecule has 0 radical (unpaired) electrons. The summed E-state index contributed by atoms with van der Waals surface area (Å²) in [7, 11) is 3.78. The lowest BCUT2D eigenvalue weighted by Gasteiger charge is -2.13. The molecule has 1 aromatic heterocycles. The highest BCUT2D eigenvalue weighted by atomic mass is 35.5. The highest BCUT2D eigenvalue weighted by Crippen LogP contribution is 2.29. The highest BCUT2D eigenvalue weighted by Gasteiger charge is 2.35. The molecule has 0 bridgehead atoms. The van der Waals surface area contributed by atoms with Crippen LogP contribution in [-0.4, -0.2) is 24.1 Å². The van der Waals surface area contributed by atoms with Gasteiger partial charge in [-0.05, 0) is 24.3 Å². The molecule has 4 nitrogen and oxygen atoms in total. The van der Waals surface area contributed by atoms with Gasteiger partial charge in [0, 0.05) is 31.5 Å². The second-order valence-corrected chi connectivity index (χ2v) is 4.85. The fraction of sp³-hybridized carbons (Fsp3) is 0.231. The number of nitrogens with zero attached hydrogens (tertiary/aromatic N) is 3. The lowest BCUT2D eigenvalue weighted by molar-refractivity contribution is -0.144. The molecule has 1 N–H and O–H groups in total. The lowest BCUT2D eigenvalue weighted by Crippen LogP contribution is -2.12. The molecule has 2 rings (SSSR count). The maximum absolute atomic E-state index is 12.6. The minimum Gasteiger partial charge on any atom is -0.378 e. The SMILES string of the molecule is CN(C)c1ccc(Nc2cc(Cl)nc(C(F)(F)F)n2)cc1. The van der Waals surface area contributed by atoms with Gasteiger partial charge in [-0.15, -0.1) is 0 Å². The molecule has 1 aromatic carbocycles. The van der Waals surface area contributed by atoms with Crippen molar-refractivity contribution >= 4 is 28.8 Å². The molecular weight excluding hydrogens is 305 g/mol. The Morgan fingerprint density at radius 2 is 1.71 bits per heavy atom. The van der Waals surface area contributed by atoms with Gasteiger partial charge in [-0.1, -0.05) is 11.6 Å². The monoisotopic (exact) mass is 316 g/mol. The van der Waals surface area contributed by atoms with Gasteiger partial charge in [-0.2, -0.15) is 13.2 Å². The Morgan fingerprint density at radius 3 is 2.24 bits per heavy atom. The van der Waals surface area contributed by atoms with Crippen LogP contribution in [0.15, 0.2) is 30.3 Å². The summed E-state index contributed by atoms with van der Waals surface area (Å²) < 4.78 is 37.8. The van der Waals surface area contributed by atoms with Gasteiger partial charge >= 0.3 is 6.18 Å². The predicted octanol–water partition coefficient (Wildman–Crippen LogP) is 3.96. The van der Waals surface area contributed by atoms with E-state index in [9.17, 15) is 13.2 Å². The molecule has 0 aliphatic rings. The van der Waals surface area contributed by atoms with E-state index in [1.54, 1.807) is 12.1 Å². The van der Waals surface area contributed by atoms with Gasteiger partial charge in [0.25, 0.3) is 0 Å². The molecule has 0 saturated carbocycles. The van der Waals surface area contributed by atoms with Crippen molar-refractivity contribution in [2.75, 3.05) is 24.3 Å². The van der Waals surface area contributed by atoms with Gasteiger partial charge in [-0.25, -0.2) is 9.97 Å². The van der Waals surface area contributed by atoms with Gasteiger partial charge in [0.05, 0.1) is 0 Å². The van der Waals surface area contributed by atoms with Gasteiger partial charge in [0.1, 0.15) is 11.0 Å². The van der Waals surface area contributed by atoms with Crippen molar-refractivity contribution in [3.8, 4) is 0 Å². The van der Waals surface area contributed by atoms with Crippen LogP contribution in [0.1, 0.15) is 5.82 Å². The summed E-state index contributed by atoms with van der Waals surface area (Å²) in [6.45, 7) is 0. The Balaban J connectivity index is 2.25. The number of hydrogen-bond acceptors (Lipinski definition) is 4. The third-order valence-electron chi connectivity index (χ3n) is 2.60. The number of aromatic nitrogens is 2. The second-order valence-electron chi connectivity index (χ2n) is 4.46. The number of rotatable bonds is 3. The van der Waals surface area contributed by atoms with E-state index in [0.717, 1.165) is 5.69 Å². The molecule has 21 heavy (non-hydrogen) atoms. The molecule has 8 heteroatoms. The second kappa shape index (κ2) is 5.77. The minimum absolute atomic E-state index is 0.0140. The standard InChI is InChI=1S/C13H12ClF3N4/c1-21(2)9-5-3-8(4-6-9)18-11-7-10(14)19-12(20-11)13(15,16)17/h3-7H,1-2H3,(H,18,19,20). The molecule has 112 valence electrons. The summed E-state index contributed by atoms with van der Waals surface area (Å²) in [6.07, 6.45) is -4.64. The molecule has 0 unspecified atom stereocenters. The molecule has 0 spiro atoms. The van der Waals surface area contributed by atoms with E-state index in [2.05, 4.69) is 15.3 Å². The summed E-state index contributed by atoms with van der Waals surface area (Å²) in [5.74, 6) is -1.29. The number of hydrogen-bond donors (Lipinski definition) is 1. The van der Waals surface area contributed by atoms with E-state index in [1.807, 2.05) is 31.1 Å². The average molecular weight is 317 g/mol. The first kappa shape index (κ1) is 15.4. The van der Waals surface area contributed by atoms with Crippen molar-refractivity contribution in [3.63, 3.8) is 0 Å². The van der Waals surface area contributed by atoms with E-state index < -0.39 is 12.0 Å². The molecule has 2 aromatic rings. The average Bonchev–Trinajstić information content (AvgIpc) is 2.37. The fourth-order valence-corrected chi connectivity index (χ4v) is 1.78. The molecule has 0 amide bonds. The first-order chi connectivity index (χ1) is 9.75. The van der Waals surface area contributed by atoms with Crippen LogP contribution < -0.4 is 10.2 Å². The third-order valence-corrected chi connectivity index (χ3v) is 2.80. The molecule has 0 fully saturated rings. The zero-order chi connectivity index (χ0) is 15.6. The fourth-order valence-electron chi connectivity index (χ4n) is 1.60. The van der Waals surface area contributed by atoms with Crippen molar-refractivity contribution in [2.45, 2.75) is 6.18 Å². The van der Waals surface area contributed by atoms with E-state index in [4.69, 9.17) is 11.6 Å². The number of anilines is 3. The van der Waals surface area contributed by atoms with Crippen molar-refractivity contribution in [1.29, 1.82) is 0 Å². The third kappa shape index (κ3) is 3.98. The first-order valence-corrected chi connectivity index (χ1v) is 6.30. The van der Waals surface area contributed by atoms with Crippen LogP contribution in [-0.2, 0) is 6.18 Å². The van der Waals surface area contributed by atoms with E-state index in [0.29, 0.717) is 5.69 Å². The zero-order valence-electron chi connectivity index (χ0n) is 11.2. The lowest BCUT2D eigenvalue weighted by atomic mass is 10.2. The summed E-state index contributed by atoms with van der Waals surface area (Å²) in [5.41, 5.74) is 1.57. The Bertz CT molecular complexity index is 626. The largest absolute Gasteiger partial charge is 0.451 e. The Kier molecular flexibility index (Phi) is 4.22. The summed E-state index contributed by atoms with van der Waals surface area (Å²) in [4.78, 5) is 8.49. The smallest absolute Gasteiger partial charge is 0.378 e. The van der Waals surface area contributed by atoms with Gasteiger partial charge in [0.2, 0.25) is 5.82 Å². The molecular formula is C13H12ClF3N4. The molecule has 0 atom stereocenters. The van der Waals surface area contributed by atoms with Crippen molar-refractivity contribution in [3.05, 3.63) is 41.3 Å². The van der Waals surface area contributed by atoms with Crippen LogP contribution in [0, 0.1) is 0 Å². The summed E-state index contributed by atoms with van der Waals surface area (Å²) in [5, 5.41) is 2.50. The van der Waals surface area contributed by atoms with E-state index in [1.165, 1.54) is 6.07 Å². The predicted molar refractivity (Wildman–Crippen MR) is 76.1 cm³/mol. The van der Waals surface area contributed by atoms with Gasteiger partial charge < -0.3 is 10.2 Å². The van der Waals surface area contributed by atoms with Gasteiger partial charge in [-0.3, -0.25) is 0 Å². The van der Waals surface area contributed by atoms with Crippen LogP contribution in [0.25, 0.3) is 0 Å². The number of halogens is 4. The first-order valence-electron chi connectivity index (χ1n) is 5.92. The Hall–Kier alpha value is -2.02.